The molecule has 0 aliphatic heterocycles. The molecule has 2 N–H and O–H groups in total. The van der Waals surface area contributed by atoms with Gasteiger partial charge in [0, 0.05) is 5.56 Å². The van der Waals surface area contributed by atoms with Gasteiger partial charge in [0.2, 0.25) is 0 Å². The van der Waals surface area contributed by atoms with Crippen LogP contribution in [0.4, 0.5) is 5.69 Å². The topological polar surface area (TPSA) is 97.2 Å². The molecule has 152 valence electrons. The van der Waals surface area contributed by atoms with E-state index in [2.05, 4.69) is 10.5 Å². The van der Waals surface area contributed by atoms with E-state index in [0.29, 0.717) is 23.6 Å². The van der Waals surface area contributed by atoms with E-state index in [1.165, 1.54) is 19.2 Å². The summed E-state index contributed by atoms with van der Waals surface area (Å²) < 4.78 is 10.6. The van der Waals surface area contributed by atoms with Gasteiger partial charge >= 0.3 is 11.9 Å². The number of nitrogens with zero attached hydrogens (tertiary/aromatic N) is 1. The molecule has 7 heteroatoms. The number of carbonyl (C=O) groups excluding carboxylic acids is 1. The van der Waals surface area contributed by atoms with Crippen molar-refractivity contribution < 1.29 is 24.2 Å². The van der Waals surface area contributed by atoms with Gasteiger partial charge in [-0.1, -0.05) is 24.3 Å². The highest BCUT2D eigenvalue weighted by molar-refractivity contribution is 5.89. The summed E-state index contributed by atoms with van der Waals surface area (Å²) in [5.41, 5.74) is 5.91. The van der Waals surface area contributed by atoms with Gasteiger partial charge in [-0.2, -0.15) is 5.10 Å². The first-order valence-electron chi connectivity index (χ1n) is 9.08. The average molecular weight is 404 g/mol. The highest BCUT2D eigenvalue weighted by atomic mass is 16.5. The Kier molecular flexibility index (Phi) is 6.78. The van der Waals surface area contributed by atoms with E-state index in [1.54, 1.807) is 30.5 Å². The average Bonchev–Trinajstić information content (AvgIpc) is 2.78. The number of esters is 1. The van der Waals surface area contributed by atoms with Crippen LogP contribution in [0.1, 0.15) is 31.8 Å². The van der Waals surface area contributed by atoms with Crippen molar-refractivity contribution in [3.8, 4) is 5.75 Å². The lowest BCUT2D eigenvalue weighted by atomic mass is 10.1. The lowest BCUT2D eigenvalue weighted by molar-refractivity contribution is 0.0599. The molecule has 0 saturated carbocycles. The predicted octanol–water partition coefficient (Wildman–Crippen LogP) is 4.20. The van der Waals surface area contributed by atoms with Crippen LogP contribution in [0.15, 0.2) is 77.9 Å². The van der Waals surface area contributed by atoms with Crippen LogP contribution in [0.25, 0.3) is 0 Å². The monoisotopic (exact) mass is 404 g/mol. The third-order valence-electron chi connectivity index (χ3n) is 4.22. The highest BCUT2D eigenvalue weighted by Gasteiger charge is 2.06. The van der Waals surface area contributed by atoms with Crippen molar-refractivity contribution in [1.82, 2.24) is 0 Å². The Labute approximate surface area is 173 Å². The van der Waals surface area contributed by atoms with Gasteiger partial charge in [0.25, 0.3) is 0 Å². The van der Waals surface area contributed by atoms with Gasteiger partial charge in [0.15, 0.2) is 0 Å². The molecule has 7 nitrogen and oxygen atoms in total. The normalized spacial score (nSPS) is 10.6. The first-order valence-corrected chi connectivity index (χ1v) is 9.08. The molecule has 0 aromatic heterocycles. The number of nitrogens with one attached hydrogen (secondary N) is 1. The Morgan fingerprint density at radius 1 is 0.967 bits per heavy atom. The summed E-state index contributed by atoms with van der Waals surface area (Å²) in [7, 11) is 1.35. The van der Waals surface area contributed by atoms with Gasteiger partial charge in [-0.3, -0.25) is 5.43 Å². The number of hydrogen-bond donors (Lipinski definition) is 2. The number of ether oxygens (including phenoxy) is 2. The molecule has 0 atom stereocenters. The number of carboxylic acids is 1. The van der Waals surface area contributed by atoms with Crippen LogP contribution in [0, 0.1) is 0 Å². The zero-order valence-electron chi connectivity index (χ0n) is 16.2. The van der Waals surface area contributed by atoms with Gasteiger partial charge < -0.3 is 14.6 Å². The maximum atomic E-state index is 11.5. The summed E-state index contributed by atoms with van der Waals surface area (Å²) >= 11 is 0. The lowest BCUT2D eigenvalue weighted by Crippen LogP contribution is -2.02. The number of para-hydroxylation sites is 1. The fourth-order valence-corrected chi connectivity index (χ4v) is 2.60. The molecule has 0 amide bonds. The summed E-state index contributed by atoms with van der Waals surface area (Å²) in [6.07, 6.45) is 1.63. The highest BCUT2D eigenvalue weighted by Crippen LogP contribution is 2.18. The quantitative estimate of drug-likeness (QED) is 0.332. The maximum absolute atomic E-state index is 11.5. The van der Waals surface area contributed by atoms with Crippen molar-refractivity contribution >= 4 is 23.8 Å². The molecule has 0 heterocycles. The minimum Gasteiger partial charge on any atom is -0.488 e. The van der Waals surface area contributed by atoms with Gasteiger partial charge in [-0.25, -0.2) is 9.59 Å². The first-order chi connectivity index (χ1) is 14.6. The second-order valence-electron chi connectivity index (χ2n) is 6.27. The summed E-state index contributed by atoms with van der Waals surface area (Å²) in [6, 6.07) is 20.7. The molecule has 0 fully saturated rings. The number of carboxylic acid groups (broad SMARTS) is 1. The SMILES string of the molecule is COC(=O)c1ccc(COc2ccccc2/C=N/Nc2ccc(C(=O)O)cc2)cc1. The van der Waals surface area contributed by atoms with Crippen LogP contribution in [0.5, 0.6) is 5.75 Å². The van der Waals surface area contributed by atoms with Crippen LogP contribution < -0.4 is 10.2 Å². The fraction of sp³-hybridized carbons (Fsp3) is 0.0870. The number of hydrazone groups is 1. The molecule has 3 aromatic carbocycles. The van der Waals surface area contributed by atoms with E-state index < -0.39 is 5.97 Å². The molecular formula is C23H20N2O5. The van der Waals surface area contributed by atoms with E-state index in [4.69, 9.17) is 14.6 Å². The molecule has 3 rings (SSSR count). The zero-order valence-corrected chi connectivity index (χ0v) is 16.2. The van der Waals surface area contributed by atoms with Crippen molar-refractivity contribution in [1.29, 1.82) is 0 Å². The number of benzene rings is 3. The fourth-order valence-electron chi connectivity index (χ4n) is 2.60. The molecule has 30 heavy (non-hydrogen) atoms. The van der Waals surface area contributed by atoms with Gasteiger partial charge in [0.1, 0.15) is 12.4 Å². The molecule has 0 radical (unpaired) electrons. The first kappa shape index (κ1) is 20.6. The van der Waals surface area contributed by atoms with E-state index in [1.807, 2.05) is 36.4 Å². The lowest BCUT2D eigenvalue weighted by Gasteiger charge is -2.09. The van der Waals surface area contributed by atoms with Crippen molar-refractivity contribution in [3.63, 3.8) is 0 Å². The number of anilines is 1. The van der Waals surface area contributed by atoms with Gasteiger partial charge in [-0.15, -0.1) is 0 Å². The maximum Gasteiger partial charge on any atom is 0.337 e. The molecule has 0 saturated heterocycles. The largest absolute Gasteiger partial charge is 0.488 e. The van der Waals surface area contributed by atoms with Crippen molar-refractivity contribution in [2.45, 2.75) is 6.61 Å². The Morgan fingerprint density at radius 2 is 1.63 bits per heavy atom. The summed E-state index contributed by atoms with van der Waals surface area (Å²) in [6.45, 7) is 0.330. The third kappa shape index (κ3) is 5.45. The Bertz CT molecular complexity index is 1040. The molecule has 0 spiro atoms. The molecule has 0 aliphatic rings. The van der Waals surface area contributed by atoms with Crippen molar-refractivity contribution in [2.24, 2.45) is 5.10 Å². The zero-order chi connectivity index (χ0) is 21.3. The standard InChI is InChI=1S/C23H20N2O5/c1-29-23(28)18-8-6-16(7-9-18)15-30-21-5-3-2-4-19(21)14-24-25-20-12-10-17(11-13-20)22(26)27/h2-14,25H,15H2,1H3,(H,26,27)/b24-14+. The third-order valence-corrected chi connectivity index (χ3v) is 4.22. The van der Waals surface area contributed by atoms with Crippen LogP contribution in [-0.2, 0) is 11.3 Å². The number of methoxy groups -OCH3 is 1. The number of rotatable bonds is 8. The Morgan fingerprint density at radius 3 is 2.30 bits per heavy atom. The van der Waals surface area contributed by atoms with Crippen LogP contribution in [-0.4, -0.2) is 30.4 Å². The molecular weight excluding hydrogens is 384 g/mol. The van der Waals surface area contributed by atoms with E-state index in [9.17, 15) is 9.59 Å². The van der Waals surface area contributed by atoms with E-state index >= 15 is 0 Å². The van der Waals surface area contributed by atoms with Crippen molar-refractivity contribution in [3.05, 3.63) is 95.1 Å². The van der Waals surface area contributed by atoms with Gasteiger partial charge in [-0.05, 0) is 54.1 Å². The van der Waals surface area contributed by atoms with Crippen molar-refractivity contribution in [2.75, 3.05) is 12.5 Å². The minimum absolute atomic E-state index is 0.211. The number of aromatic carboxylic acids is 1. The minimum atomic E-state index is -0.976. The second kappa shape index (κ2) is 9.88. The Hall–Kier alpha value is -4.13. The predicted molar refractivity (Wildman–Crippen MR) is 113 cm³/mol. The second-order valence-corrected chi connectivity index (χ2v) is 6.27. The van der Waals surface area contributed by atoms with E-state index in [-0.39, 0.29) is 11.5 Å². The van der Waals surface area contributed by atoms with Crippen LogP contribution in [0.3, 0.4) is 0 Å². The summed E-state index contributed by atoms with van der Waals surface area (Å²) in [4.78, 5) is 22.4. The smallest absolute Gasteiger partial charge is 0.337 e. The summed E-state index contributed by atoms with van der Waals surface area (Å²) in [5.74, 6) is -0.702. The number of hydrogen-bond acceptors (Lipinski definition) is 6. The van der Waals surface area contributed by atoms with Gasteiger partial charge in [0.05, 0.1) is 30.1 Å². The molecule has 0 unspecified atom stereocenters. The van der Waals surface area contributed by atoms with Crippen LogP contribution >= 0.6 is 0 Å². The summed E-state index contributed by atoms with van der Waals surface area (Å²) in [5, 5.41) is 13.1. The van der Waals surface area contributed by atoms with Crippen LogP contribution in [0.2, 0.25) is 0 Å². The molecule has 0 bridgehead atoms. The molecule has 3 aromatic rings. The number of carbonyl (C=O) groups is 2. The Balaban J connectivity index is 1.62. The molecule has 0 aliphatic carbocycles. The van der Waals surface area contributed by atoms with E-state index in [0.717, 1.165) is 11.1 Å².